The molecule has 1 aliphatic carbocycles. The maximum Gasteiger partial charge on any atom is 0.134 e. The van der Waals surface area contributed by atoms with Crippen LogP contribution in [0.25, 0.3) is 0 Å². The van der Waals surface area contributed by atoms with Crippen molar-refractivity contribution in [3.63, 3.8) is 0 Å². The third-order valence-electron chi connectivity index (χ3n) is 3.71. The molecule has 0 spiro atoms. The highest BCUT2D eigenvalue weighted by Gasteiger charge is 2.20. The molecule has 1 aromatic heterocycles. The largest absolute Gasteiger partial charge is 0.487 e. The van der Waals surface area contributed by atoms with Crippen LogP contribution in [-0.2, 0) is 20.2 Å². The predicted octanol–water partition coefficient (Wildman–Crippen LogP) is 2.26. The van der Waals surface area contributed by atoms with Gasteiger partial charge in [-0.1, -0.05) is 17.3 Å². The van der Waals surface area contributed by atoms with Crippen molar-refractivity contribution in [3.05, 3.63) is 40.7 Å². The van der Waals surface area contributed by atoms with Crippen LogP contribution < -0.4 is 10.1 Å². The van der Waals surface area contributed by atoms with E-state index < -0.39 is 0 Å². The maximum atomic E-state index is 5.92. The van der Waals surface area contributed by atoms with Gasteiger partial charge in [0.15, 0.2) is 0 Å². The fraction of sp³-hybridized carbons (Fsp3) is 0.500. The quantitative estimate of drug-likeness (QED) is 0.885. The van der Waals surface area contributed by atoms with Gasteiger partial charge in [-0.2, -0.15) is 0 Å². The number of rotatable bonds is 6. The second-order valence-electron chi connectivity index (χ2n) is 5.89. The Morgan fingerprint density at radius 3 is 2.57 bits per heavy atom. The van der Waals surface area contributed by atoms with Crippen LogP contribution in [0, 0.1) is 13.8 Å². The van der Waals surface area contributed by atoms with Gasteiger partial charge in [0.1, 0.15) is 18.1 Å². The number of nitrogens with zero attached hydrogens (tertiary/aromatic N) is 3. The molecule has 0 atom stereocenters. The smallest absolute Gasteiger partial charge is 0.134 e. The first-order chi connectivity index (χ1) is 10.1. The summed E-state index contributed by atoms with van der Waals surface area (Å²) in [7, 11) is 1.86. The predicted molar refractivity (Wildman–Crippen MR) is 81.1 cm³/mol. The van der Waals surface area contributed by atoms with Crippen LogP contribution in [0.2, 0.25) is 0 Å². The summed E-state index contributed by atoms with van der Waals surface area (Å²) in [5, 5.41) is 11.5. The van der Waals surface area contributed by atoms with E-state index in [0.717, 1.165) is 24.0 Å². The molecule has 112 valence electrons. The lowest BCUT2D eigenvalue weighted by Gasteiger charge is -2.13. The molecule has 3 rings (SSSR count). The molecule has 1 heterocycles. The van der Waals surface area contributed by atoms with Crippen molar-refractivity contribution in [2.24, 2.45) is 7.05 Å². The lowest BCUT2D eigenvalue weighted by Crippen LogP contribution is -2.15. The Kier molecular flexibility index (Phi) is 3.92. The summed E-state index contributed by atoms with van der Waals surface area (Å²) in [6, 6.07) is 5.14. The van der Waals surface area contributed by atoms with Crippen LogP contribution in [0.3, 0.4) is 0 Å². The molecular weight excluding hydrogens is 264 g/mol. The van der Waals surface area contributed by atoms with Crippen LogP contribution in [0.1, 0.15) is 35.2 Å². The maximum absolute atomic E-state index is 5.92. The zero-order chi connectivity index (χ0) is 14.8. The monoisotopic (exact) mass is 286 g/mol. The molecule has 1 aliphatic rings. The lowest BCUT2D eigenvalue weighted by molar-refractivity contribution is 0.297. The van der Waals surface area contributed by atoms with E-state index in [4.69, 9.17) is 4.74 Å². The minimum atomic E-state index is 0.454. The Bertz CT molecular complexity index is 608. The van der Waals surface area contributed by atoms with Gasteiger partial charge < -0.3 is 10.1 Å². The Labute approximate surface area is 125 Å². The first kappa shape index (κ1) is 14.1. The summed E-state index contributed by atoms with van der Waals surface area (Å²) in [4.78, 5) is 0. The number of nitrogens with one attached hydrogen (secondary N) is 1. The molecule has 1 fully saturated rings. The molecule has 21 heavy (non-hydrogen) atoms. The molecule has 0 saturated heterocycles. The van der Waals surface area contributed by atoms with E-state index in [2.05, 4.69) is 41.6 Å². The standard InChI is InChI=1S/C16H22N4O/c1-11-6-13(8-17-14-4-5-14)7-12(2)16(11)21-10-15-9-20(3)19-18-15/h6-7,9,14,17H,4-5,8,10H2,1-3H3. The zero-order valence-corrected chi connectivity index (χ0v) is 12.9. The van der Waals surface area contributed by atoms with Crippen LogP contribution in [-0.4, -0.2) is 21.0 Å². The van der Waals surface area contributed by atoms with Crippen LogP contribution >= 0.6 is 0 Å². The van der Waals surface area contributed by atoms with Crippen molar-refractivity contribution < 1.29 is 4.74 Å². The van der Waals surface area contributed by atoms with E-state index in [9.17, 15) is 0 Å². The SMILES string of the molecule is Cc1cc(CNC2CC2)cc(C)c1OCc1cn(C)nn1. The zero-order valence-electron chi connectivity index (χ0n) is 12.9. The van der Waals surface area contributed by atoms with Gasteiger partial charge in [-0.25, -0.2) is 0 Å². The van der Waals surface area contributed by atoms with E-state index in [0.29, 0.717) is 6.61 Å². The van der Waals surface area contributed by atoms with Crippen molar-refractivity contribution >= 4 is 0 Å². The van der Waals surface area contributed by atoms with E-state index in [-0.39, 0.29) is 0 Å². The van der Waals surface area contributed by atoms with Gasteiger partial charge in [0, 0.05) is 19.6 Å². The van der Waals surface area contributed by atoms with Gasteiger partial charge in [0.2, 0.25) is 0 Å². The summed E-state index contributed by atoms with van der Waals surface area (Å²) in [6.45, 7) is 5.59. The average Bonchev–Trinajstić information content (AvgIpc) is 3.17. The van der Waals surface area contributed by atoms with Gasteiger partial charge >= 0.3 is 0 Å². The minimum Gasteiger partial charge on any atom is -0.487 e. The summed E-state index contributed by atoms with van der Waals surface area (Å²) in [6.07, 6.45) is 4.51. The summed E-state index contributed by atoms with van der Waals surface area (Å²) in [5.74, 6) is 0.954. The minimum absolute atomic E-state index is 0.454. The molecule has 0 unspecified atom stereocenters. The number of ether oxygens (including phenoxy) is 1. The Hall–Kier alpha value is -1.88. The van der Waals surface area contributed by atoms with E-state index in [1.165, 1.54) is 29.5 Å². The highest BCUT2D eigenvalue weighted by Crippen LogP contribution is 2.26. The molecule has 0 bridgehead atoms. The first-order valence-electron chi connectivity index (χ1n) is 7.43. The van der Waals surface area contributed by atoms with E-state index in [1.54, 1.807) is 4.68 Å². The first-order valence-corrected chi connectivity index (χ1v) is 7.43. The number of aromatic nitrogens is 3. The average molecular weight is 286 g/mol. The molecule has 2 aromatic rings. The van der Waals surface area contributed by atoms with Gasteiger partial charge in [-0.3, -0.25) is 4.68 Å². The Morgan fingerprint density at radius 1 is 1.29 bits per heavy atom. The second-order valence-corrected chi connectivity index (χ2v) is 5.89. The van der Waals surface area contributed by atoms with Gasteiger partial charge in [-0.05, 0) is 43.4 Å². The number of hydrogen-bond donors (Lipinski definition) is 1. The van der Waals surface area contributed by atoms with Crippen molar-refractivity contribution in [1.29, 1.82) is 0 Å². The molecule has 1 aromatic carbocycles. The lowest BCUT2D eigenvalue weighted by atomic mass is 10.1. The molecule has 0 aliphatic heterocycles. The summed E-state index contributed by atoms with van der Waals surface area (Å²) in [5.41, 5.74) is 4.51. The highest BCUT2D eigenvalue weighted by molar-refractivity contribution is 5.43. The molecule has 5 nitrogen and oxygen atoms in total. The van der Waals surface area contributed by atoms with E-state index in [1.807, 2.05) is 13.2 Å². The Balaban J connectivity index is 1.66. The van der Waals surface area contributed by atoms with Crippen molar-refractivity contribution in [2.75, 3.05) is 0 Å². The topological polar surface area (TPSA) is 52.0 Å². The Morgan fingerprint density at radius 2 is 2.00 bits per heavy atom. The van der Waals surface area contributed by atoms with Crippen LogP contribution in [0.15, 0.2) is 18.3 Å². The number of benzene rings is 1. The normalized spacial score (nSPS) is 14.4. The number of hydrogen-bond acceptors (Lipinski definition) is 4. The van der Waals surface area contributed by atoms with Crippen molar-refractivity contribution in [2.45, 2.75) is 45.9 Å². The molecule has 1 saturated carbocycles. The van der Waals surface area contributed by atoms with Crippen molar-refractivity contribution in [1.82, 2.24) is 20.3 Å². The molecular formula is C16H22N4O. The third-order valence-corrected chi connectivity index (χ3v) is 3.71. The second kappa shape index (κ2) is 5.85. The summed E-state index contributed by atoms with van der Waals surface area (Å²) < 4.78 is 7.61. The molecule has 0 amide bonds. The van der Waals surface area contributed by atoms with Gasteiger partial charge in [-0.15, -0.1) is 5.10 Å². The third kappa shape index (κ3) is 3.61. The van der Waals surface area contributed by atoms with Crippen LogP contribution in [0.4, 0.5) is 0 Å². The fourth-order valence-electron chi connectivity index (χ4n) is 2.53. The number of aryl methyl sites for hydroxylation is 3. The molecule has 5 heteroatoms. The highest BCUT2D eigenvalue weighted by atomic mass is 16.5. The summed E-state index contributed by atoms with van der Waals surface area (Å²) >= 11 is 0. The molecule has 0 radical (unpaired) electrons. The molecule has 1 N–H and O–H groups in total. The van der Waals surface area contributed by atoms with Gasteiger partial charge in [0.05, 0.1) is 6.20 Å². The fourth-order valence-corrected chi connectivity index (χ4v) is 2.53. The van der Waals surface area contributed by atoms with Crippen LogP contribution in [0.5, 0.6) is 5.75 Å². The van der Waals surface area contributed by atoms with Crippen molar-refractivity contribution in [3.8, 4) is 5.75 Å². The van der Waals surface area contributed by atoms with Gasteiger partial charge in [0.25, 0.3) is 0 Å². The van der Waals surface area contributed by atoms with E-state index >= 15 is 0 Å².